The van der Waals surface area contributed by atoms with E-state index >= 15 is 0 Å². The number of hydrogen-bond acceptors (Lipinski definition) is 7. The highest BCUT2D eigenvalue weighted by Crippen LogP contribution is 2.24. The number of benzene rings is 2. The van der Waals surface area contributed by atoms with Crippen molar-refractivity contribution < 1.29 is 27.8 Å². The van der Waals surface area contributed by atoms with Crippen molar-refractivity contribution in [3.8, 4) is 11.5 Å². The summed E-state index contributed by atoms with van der Waals surface area (Å²) >= 11 is 4.99. The van der Waals surface area contributed by atoms with Gasteiger partial charge in [0.25, 0.3) is 0 Å². The van der Waals surface area contributed by atoms with E-state index in [1.807, 2.05) is 0 Å². The predicted molar refractivity (Wildman–Crippen MR) is 158 cm³/mol. The van der Waals surface area contributed by atoms with Gasteiger partial charge in [-0.15, -0.1) is 0 Å². The number of aromatic nitrogens is 3. The minimum atomic E-state index is -0.498. The lowest BCUT2D eigenvalue weighted by Gasteiger charge is -2.11. The van der Waals surface area contributed by atoms with Crippen molar-refractivity contribution in [1.82, 2.24) is 20.1 Å². The van der Waals surface area contributed by atoms with E-state index in [1.54, 1.807) is 62.8 Å². The molecule has 2 aromatic carbocycles. The second-order valence-corrected chi connectivity index (χ2v) is 8.60. The van der Waals surface area contributed by atoms with Crippen molar-refractivity contribution in [3.63, 3.8) is 0 Å². The Morgan fingerprint density at radius 1 is 1.17 bits per heavy atom. The van der Waals surface area contributed by atoms with Gasteiger partial charge >= 0.3 is 0 Å². The molecule has 0 radical (unpaired) electrons. The van der Waals surface area contributed by atoms with Crippen LogP contribution in [0.3, 0.4) is 0 Å². The van der Waals surface area contributed by atoms with Crippen LogP contribution in [-0.4, -0.2) is 54.0 Å². The first-order chi connectivity index (χ1) is 19.8. The van der Waals surface area contributed by atoms with Crippen molar-refractivity contribution in [2.75, 3.05) is 33.2 Å². The van der Waals surface area contributed by atoms with Gasteiger partial charge in [0.15, 0.2) is 5.11 Å². The van der Waals surface area contributed by atoms with Crippen LogP contribution in [0.15, 0.2) is 67.2 Å². The molecule has 41 heavy (non-hydrogen) atoms. The number of pyridine rings is 1. The molecule has 0 aliphatic heterocycles. The van der Waals surface area contributed by atoms with Crippen LogP contribution in [0, 0.1) is 11.6 Å². The summed E-state index contributed by atoms with van der Waals surface area (Å²) in [5.41, 5.74) is 0.891. The van der Waals surface area contributed by atoms with Gasteiger partial charge in [0.05, 0.1) is 48.4 Å². The molecule has 4 aromatic rings. The third-order valence-corrected chi connectivity index (χ3v) is 5.82. The molecule has 214 valence electrons. The van der Waals surface area contributed by atoms with Gasteiger partial charge in [-0.25, -0.2) is 8.78 Å². The summed E-state index contributed by atoms with van der Waals surface area (Å²) in [6, 6.07) is 10.8. The highest BCUT2D eigenvalue weighted by atomic mass is 32.1. The van der Waals surface area contributed by atoms with Crippen molar-refractivity contribution in [3.05, 3.63) is 89.4 Å². The molecule has 0 saturated heterocycles. The van der Waals surface area contributed by atoms with Gasteiger partial charge in [-0.2, -0.15) is 5.10 Å². The average molecular weight is 582 g/mol. The summed E-state index contributed by atoms with van der Waals surface area (Å²) in [5, 5.41) is 11.4. The molecule has 9 nitrogen and oxygen atoms in total. The third kappa shape index (κ3) is 8.40. The number of fused-ring (bicyclic) bond motifs is 1. The first kappa shape index (κ1) is 30.9. The Kier molecular flexibility index (Phi) is 11.4. The van der Waals surface area contributed by atoms with Gasteiger partial charge < -0.3 is 29.6 Å². The van der Waals surface area contributed by atoms with E-state index in [2.05, 4.69) is 27.3 Å². The molecule has 0 atom stereocenters. The van der Waals surface area contributed by atoms with E-state index in [-0.39, 0.29) is 18.0 Å². The topological polar surface area (TPSA) is 99.5 Å². The first-order valence-corrected chi connectivity index (χ1v) is 12.6. The average Bonchev–Trinajstić information content (AvgIpc) is 3.39. The SMILES string of the molecule is C=C(/C=c1/c(Oc2ccc(NC(=S)NC)c(F)c2)ccn/c1=C/COC)OC.O=CCn1ncc2c(F)cccc21. The number of methoxy groups -OCH3 is 2. The van der Waals surface area contributed by atoms with Gasteiger partial charge in [-0.3, -0.25) is 9.67 Å². The van der Waals surface area contributed by atoms with Crippen LogP contribution in [-0.2, 0) is 20.8 Å². The molecular weight excluding hydrogens is 552 g/mol. The van der Waals surface area contributed by atoms with Gasteiger partial charge in [0, 0.05) is 31.6 Å². The van der Waals surface area contributed by atoms with E-state index in [4.69, 9.17) is 26.4 Å². The highest BCUT2D eigenvalue weighted by molar-refractivity contribution is 7.80. The number of hydrogen-bond donors (Lipinski definition) is 2. The Morgan fingerprint density at radius 2 is 1.98 bits per heavy atom. The lowest BCUT2D eigenvalue weighted by Crippen LogP contribution is -2.30. The van der Waals surface area contributed by atoms with Gasteiger partial charge in [0.2, 0.25) is 0 Å². The lowest BCUT2D eigenvalue weighted by molar-refractivity contribution is -0.108. The molecule has 0 bridgehead atoms. The second-order valence-electron chi connectivity index (χ2n) is 8.20. The van der Waals surface area contributed by atoms with Gasteiger partial charge in [-0.05, 0) is 54.7 Å². The monoisotopic (exact) mass is 581 g/mol. The summed E-state index contributed by atoms with van der Waals surface area (Å²) in [6.07, 6.45) is 7.25. The Morgan fingerprint density at radius 3 is 2.66 bits per heavy atom. The fourth-order valence-electron chi connectivity index (χ4n) is 3.51. The summed E-state index contributed by atoms with van der Waals surface area (Å²) in [4.78, 5) is 14.6. The predicted octanol–water partition coefficient (Wildman–Crippen LogP) is 3.67. The van der Waals surface area contributed by atoms with E-state index in [0.717, 1.165) is 6.29 Å². The fourth-order valence-corrected chi connectivity index (χ4v) is 3.62. The molecule has 0 saturated carbocycles. The number of halogens is 2. The minimum Gasteiger partial charge on any atom is -0.497 e. The summed E-state index contributed by atoms with van der Waals surface area (Å²) in [6.45, 7) is 4.34. The maximum atomic E-state index is 14.4. The van der Waals surface area contributed by atoms with E-state index in [0.29, 0.717) is 50.4 Å². The number of ether oxygens (including phenoxy) is 3. The quantitative estimate of drug-likeness (QED) is 0.174. The number of thiocarbonyl (C=S) groups is 1. The maximum Gasteiger partial charge on any atom is 0.170 e. The Bertz CT molecular complexity index is 1660. The summed E-state index contributed by atoms with van der Waals surface area (Å²) in [7, 11) is 4.76. The number of nitrogens with one attached hydrogen (secondary N) is 2. The number of allylic oxidation sites excluding steroid dienone is 1. The lowest BCUT2D eigenvalue weighted by atomic mass is 10.2. The number of nitrogens with zero attached hydrogens (tertiary/aromatic N) is 3. The van der Waals surface area contributed by atoms with Crippen LogP contribution < -0.4 is 25.9 Å². The van der Waals surface area contributed by atoms with E-state index < -0.39 is 5.82 Å². The van der Waals surface area contributed by atoms with Crippen LogP contribution in [0.5, 0.6) is 11.5 Å². The van der Waals surface area contributed by atoms with Crippen molar-refractivity contribution >= 4 is 52.4 Å². The summed E-state index contributed by atoms with van der Waals surface area (Å²) in [5.74, 6) is 0.412. The molecule has 2 N–H and O–H groups in total. The van der Waals surface area contributed by atoms with Crippen molar-refractivity contribution in [2.45, 2.75) is 6.54 Å². The zero-order valence-electron chi connectivity index (χ0n) is 22.7. The van der Waals surface area contributed by atoms with Crippen LogP contribution in [0.25, 0.3) is 23.1 Å². The molecule has 4 rings (SSSR count). The smallest absolute Gasteiger partial charge is 0.170 e. The normalized spacial score (nSPS) is 11.4. The maximum absolute atomic E-state index is 14.4. The molecule has 2 aromatic heterocycles. The molecule has 12 heteroatoms. The minimum absolute atomic E-state index is 0.160. The number of anilines is 1. The standard InChI is InChI=1S/C20H22FN3O3S.C9H7FN2O/c1-13(26-4)11-15-17(8-10-25-3)23-9-7-19(15)27-14-5-6-18(16(21)12-14)24-20(28)22-2;10-8-2-1-3-9-7(8)6-11-12(9)4-5-13/h5-9,11-12H,1,10H2,2-4H3,(H2,22,24,28);1-3,5-6H,4H2/b15-11+,17-8+;. The largest absolute Gasteiger partial charge is 0.497 e. The Labute approximate surface area is 240 Å². The van der Waals surface area contributed by atoms with E-state index in [1.165, 1.54) is 30.1 Å². The highest BCUT2D eigenvalue weighted by Gasteiger charge is 2.08. The number of carbonyl (C=O) groups is 1. The summed E-state index contributed by atoms with van der Waals surface area (Å²) < 4.78 is 45.0. The van der Waals surface area contributed by atoms with Crippen molar-refractivity contribution in [2.24, 2.45) is 0 Å². The van der Waals surface area contributed by atoms with Crippen LogP contribution in [0.2, 0.25) is 0 Å². The molecule has 0 aliphatic rings. The van der Waals surface area contributed by atoms with Crippen LogP contribution in [0.1, 0.15) is 0 Å². The number of aldehydes is 1. The van der Waals surface area contributed by atoms with Crippen LogP contribution in [0.4, 0.5) is 14.5 Å². The first-order valence-electron chi connectivity index (χ1n) is 12.2. The Hall–Kier alpha value is -4.68. The molecular formula is C29H29F2N5O4S. The van der Waals surface area contributed by atoms with Gasteiger partial charge in [0.1, 0.15) is 35.2 Å². The number of carbonyl (C=O) groups excluding carboxylic acids is 1. The molecule has 0 fully saturated rings. The fraction of sp³-hybridized carbons (Fsp3) is 0.172. The molecule has 0 unspecified atom stereocenters. The molecule has 0 spiro atoms. The van der Waals surface area contributed by atoms with Gasteiger partial charge in [-0.1, -0.05) is 12.6 Å². The molecule has 0 amide bonds. The second kappa shape index (κ2) is 15.2. The van der Waals surface area contributed by atoms with Crippen LogP contribution >= 0.6 is 12.2 Å². The number of rotatable bonds is 9. The zero-order chi connectivity index (χ0) is 29.8. The molecule has 2 heterocycles. The third-order valence-electron chi connectivity index (χ3n) is 5.52. The Balaban J connectivity index is 0.000000294. The zero-order valence-corrected chi connectivity index (χ0v) is 23.5. The van der Waals surface area contributed by atoms with E-state index in [9.17, 15) is 13.6 Å². The molecule has 0 aliphatic carbocycles. The van der Waals surface area contributed by atoms with Crippen molar-refractivity contribution in [1.29, 1.82) is 0 Å².